The largest absolute Gasteiger partial charge is 0.493 e. The quantitative estimate of drug-likeness (QED) is 0.874. The number of nitrogens with one attached hydrogen (secondary N) is 1. The van der Waals surface area contributed by atoms with Crippen molar-refractivity contribution in [3.8, 4) is 5.75 Å². The molecule has 0 unspecified atom stereocenters. The third-order valence-corrected chi connectivity index (χ3v) is 4.00. The van der Waals surface area contributed by atoms with Gasteiger partial charge in [0.25, 0.3) is 5.91 Å². The van der Waals surface area contributed by atoms with E-state index in [0.717, 1.165) is 39.0 Å². The van der Waals surface area contributed by atoms with Gasteiger partial charge < -0.3 is 15.0 Å². The first-order valence-corrected chi connectivity index (χ1v) is 7.98. The summed E-state index contributed by atoms with van der Waals surface area (Å²) >= 11 is 0. The maximum Gasteiger partial charge on any atom is 0.257 e. The molecule has 0 spiro atoms. The third-order valence-electron chi connectivity index (χ3n) is 4.00. The van der Waals surface area contributed by atoms with Crippen molar-refractivity contribution in [1.29, 1.82) is 0 Å². The van der Waals surface area contributed by atoms with Crippen molar-refractivity contribution in [2.75, 3.05) is 32.8 Å². The number of rotatable bonds is 6. The van der Waals surface area contributed by atoms with Crippen molar-refractivity contribution in [2.24, 2.45) is 5.92 Å². The number of benzene rings is 1. The van der Waals surface area contributed by atoms with Crippen molar-refractivity contribution in [3.05, 3.63) is 29.8 Å². The lowest BCUT2D eigenvalue weighted by molar-refractivity contribution is 0.0686. The summed E-state index contributed by atoms with van der Waals surface area (Å²) in [6.07, 6.45) is 2.16. The molecule has 22 heavy (non-hydrogen) atoms. The average molecular weight is 327 g/mol. The summed E-state index contributed by atoms with van der Waals surface area (Å²) in [5.74, 6) is 1.48. The van der Waals surface area contributed by atoms with Gasteiger partial charge in [-0.15, -0.1) is 12.4 Å². The summed E-state index contributed by atoms with van der Waals surface area (Å²) in [4.78, 5) is 14.6. The number of carbonyl (C=O) groups excluding carboxylic acids is 1. The highest BCUT2D eigenvalue weighted by Crippen LogP contribution is 2.23. The Morgan fingerprint density at radius 2 is 1.95 bits per heavy atom. The molecule has 124 valence electrons. The van der Waals surface area contributed by atoms with Crippen LogP contribution in [0.4, 0.5) is 0 Å². The van der Waals surface area contributed by atoms with E-state index in [9.17, 15) is 4.79 Å². The highest BCUT2D eigenvalue weighted by molar-refractivity contribution is 5.97. The third kappa shape index (κ3) is 4.89. The molecule has 0 aliphatic carbocycles. The Labute approximate surface area is 139 Å². The Bertz CT molecular complexity index is 460. The standard InChI is InChI=1S/C17H26N2O2.ClH/c1-3-18-13-14-9-11-19(12-10-14)17(20)15-7-5-6-8-16(15)21-4-2;/h5-8,14,18H,3-4,9-13H2,1-2H3;1H. The SMILES string of the molecule is CCNCC1CCN(C(=O)c2ccccc2OCC)CC1.Cl. The lowest BCUT2D eigenvalue weighted by atomic mass is 9.96. The zero-order chi connectivity index (χ0) is 15.1. The molecule has 1 saturated heterocycles. The van der Waals surface area contributed by atoms with Gasteiger partial charge in [-0.2, -0.15) is 0 Å². The van der Waals surface area contributed by atoms with Crippen LogP contribution in [0.2, 0.25) is 0 Å². The molecule has 0 aromatic heterocycles. The predicted molar refractivity (Wildman–Crippen MR) is 92.0 cm³/mol. The topological polar surface area (TPSA) is 41.6 Å². The second kappa shape index (κ2) is 9.70. The van der Waals surface area contributed by atoms with Crippen LogP contribution in [0.3, 0.4) is 0 Å². The number of carbonyl (C=O) groups is 1. The Kier molecular flexibility index (Phi) is 8.28. The van der Waals surface area contributed by atoms with Crippen molar-refractivity contribution in [3.63, 3.8) is 0 Å². The number of piperidine rings is 1. The van der Waals surface area contributed by atoms with Gasteiger partial charge in [0.15, 0.2) is 0 Å². The molecule has 0 bridgehead atoms. The van der Waals surface area contributed by atoms with E-state index in [1.807, 2.05) is 36.1 Å². The number of ether oxygens (including phenoxy) is 1. The maximum atomic E-state index is 12.6. The van der Waals surface area contributed by atoms with Crippen molar-refractivity contribution >= 4 is 18.3 Å². The van der Waals surface area contributed by atoms with Crippen LogP contribution in [0.15, 0.2) is 24.3 Å². The van der Waals surface area contributed by atoms with E-state index < -0.39 is 0 Å². The zero-order valence-corrected chi connectivity index (χ0v) is 14.3. The minimum atomic E-state index is 0. The molecule has 1 aromatic rings. The molecule has 0 atom stereocenters. The molecule has 0 saturated carbocycles. The van der Waals surface area contributed by atoms with Crippen molar-refractivity contribution < 1.29 is 9.53 Å². The fourth-order valence-electron chi connectivity index (χ4n) is 2.78. The summed E-state index contributed by atoms with van der Waals surface area (Å²) in [6, 6.07) is 7.53. The van der Waals surface area contributed by atoms with Gasteiger partial charge in [-0.3, -0.25) is 4.79 Å². The summed E-state index contributed by atoms with van der Waals surface area (Å²) in [6.45, 7) is 8.41. The lowest BCUT2D eigenvalue weighted by Crippen LogP contribution is -2.40. The van der Waals surface area contributed by atoms with E-state index in [-0.39, 0.29) is 18.3 Å². The monoisotopic (exact) mass is 326 g/mol. The van der Waals surface area contributed by atoms with Gasteiger partial charge in [0.2, 0.25) is 0 Å². The highest BCUT2D eigenvalue weighted by atomic mass is 35.5. The van der Waals surface area contributed by atoms with Gasteiger partial charge in [0.1, 0.15) is 5.75 Å². The van der Waals surface area contributed by atoms with Gasteiger partial charge in [-0.25, -0.2) is 0 Å². The van der Waals surface area contributed by atoms with Gasteiger partial charge in [-0.1, -0.05) is 19.1 Å². The van der Waals surface area contributed by atoms with E-state index in [1.54, 1.807) is 0 Å². The van der Waals surface area contributed by atoms with Crippen LogP contribution in [0.25, 0.3) is 0 Å². The second-order valence-electron chi connectivity index (χ2n) is 5.47. The predicted octanol–water partition coefficient (Wildman–Crippen LogP) is 2.97. The van der Waals surface area contributed by atoms with Crippen LogP contribution in [0.5, 0.6) is 5.75 Å². The maximum absolute atomic E-state index is 12.6. The molecule has 1 aliphatic rings. The zero-order valence-electron chi connectivity index (χ0n) is 13.5. The molecular formula is C17H27ClN2O2. The highest BCUT2D eigenvalue weighted by Gasteiger charge is 2.25. The van der Waals surface area contributed by atoms with Crippen LogP contribution in [-0.4, -0.2) is 43.6 Å². The number of hydrogen-bond acceptors (Lipinski definition) is 3. The molecule has 2 rings (SSSR count). The smallest absolute Gasteiger partial charge is 0.257 e. The molecule has 1 aromatic carbocycles. The molecule has 1 amide bonds. The number of hydrogen-bond donors (Lipinski definition) is 1. The fourth-order valence-corrected chi connectivity index (χ4v) is 2.78. The minimum absolute atomic E-state index is 0. The van der Waals surface area contributed by atoms with Crippen molar-refractivity contribution in [1.82, 2.24) is 10.2 Å². The number of halogens is 1. The fraction of sp³-hybridized carbons (Fsp3) is 0.588. The minimum Gasteiger partial charge on any atom is -0.493 e. The van der Waals surface area contributed by atoms with Crippen LogP contribution >= 0.6 is 12.4 Å². The Balaban J connectivity index is 0.00000242. The Morgan fingerprint density at radius 1 is 1.27 bits per heavy atom. The molecule has 1 aliphatic heterocycles. The number of para-hydroxylation sites is 1. The Morgan fingerprint density at radius 3 is 2.59 bits per heavy atom. The van der Waals surface area contributed by atoms with E-state index >= 15 is 0 Å². The number of amides is 1. The van der Waals surface area contributed by atoms with Gasteiger partial charge in [-0.05, 0) is 50.9 Å². The summed E-state index contributed by atoms with van der Waals surface area (Å²) in [7, 11) is 0. The molecule has 1 N–H and O–H groups in total. The first kappa shape index (κ1) is 18.8. The van der Waals surface area contributed by atoms with E-state index in [2.05, 4.69) is 12.2 Å². The molecule has 0 radical (unpaired) electrons. The number of nitrogens with zero attached hydrogens (tertiary/aromatic N) is 1. The van der Waals surface area contributed by atoms with E-state index in [1.165, 1.54) is 0 Å². The molecular weight excluding hydrogens is 300 g/mol. The van der Waals surface area contributed by atoms with Crippen molar-refractivity contribution in [2.45, 2.75) is 26.7 Å². The van der Waals surface area contributed by atoms with Crippen LogP contribution in [0, 0.1) is 5.92 Å². The lowest BCUT2D eigenvalue weighted by Gasteiger charge is -2.32. The molecule has 5 heteroatoms. The van der Waals surface area contributed by atoms with Gasteiger partial charge in [0, 0.05) is 13.1 Å². The second-order valence-corrected chi connectivity index (χ2v) is 5.47. The van der Waals surface area contributed by atoms with E-state index in [0.29, 0.717) is 23.8 Å². The van der Waals surface area contributed by atoms with Crippen LogP contribution in [0.1, 0.15) is 37.0 Å². The summed E-state index contributed by atoms with van der Waals surface area (Å²) in [5.41, 5.74) is 0.685. The Hall–Kier alpha value is -1.26. The van der Waals surface area contributed by atoms with Crippen LogP contribution < -0.4 is 10.1 Å². The summed E-state index contributed by atoms with van der Waals surface area (Å²) in [5, 5.41) is 3.40. The van der Waals surface area contributed by atoms with Gasteiger partial charge >= 0.3 is 0 Å². The molecule has 1 fully saturated rings. The molecule has 1 heterocycles. The van der Waals surface area contributed by atoms with E-state index in [4.69, 9.17) is 4.74 Å². The first-order valence-electron chi connectivity index (χ1n) is 7.98. The number of likely N-dealkylation sites (tertiary alicyclic amines) is 1. The van der Waals surface area contributed by atoms with Gasteiger partial charge in [0.05, 0.1) is 12.2 Å². The average Bonchev–Trinajstić information content (AvgIpc) is 2.53. The summed E-state index contributed by atoms with van der Waals surface area (Å²) < 4.78 is 5.57. The first-order chi connectivity index (χ1) is 10.3. The molecule has 4 nitrogen and oxygen atoms in total. The normalized spacial score (nSPS) is 15.3. The van der Waals surface area contributed by atoms with Crippen LogP contribution in [-0.2, 0) is 0 Å².